The highest BCUT2D eigenvalue weighted by molar-refractivity contribution is 7.80. The summed E-state index contributed by atoms with van der Waals surface area (Å²) >= 11 is 0. The summed E-state index contributed by atoms with van der Waals surface area (Å²) in [5.41, 5.74) is 0. The van der Waals surface area contributed by atoms with E-state index in [1.165, 1.54) is 109 Å². The van der Waals surface area contributed by atoms with E-state index < -0.39 is 59.8 Å². The minimum absolute atomic E-state index is 0.0413. The van der Waals surface area contributed by atoms with Gasteiger partial charge in [-0.15, -0.1) is 0 Å². The first-order chi connectivity index (χ1) is 24.6. The van der Waals surface area contributed by atoms with Crippen LogP contribution in [0.2, 0.25) is 0 Å². The number of hydrogen-bond acceptors (Lipinski definition) is 11. The third-order valence-corrected chi connectivity index (χ3v) is 9.94. The van der Waals surface area contributed by atoms with Crippen LogP contribution in [-0.2, 0) is 38.3 Å². The Morgan fingerprint density at radius 3 is 1.57 bits per heavy atom. The molecule has 1 rings (SSSR count). The minimum atomic E-state index is -5.05. The van der Waals surface area contributed by atoms with E-state index in [9.17, 15) is 28.5 Å². The molecule has 6 unspecified atom stereocenters. The topological polar surface area (TPSA) is 178 Å². The number of ether oxygens (including phenoxy) is 4. The predicted octanol–water partition coefficient (Wildman–Crippen LogP) is 7.35. The van der Waals surface area contributed by atoms with Crippen molar-refractivity contribution in [3.8, 4) is 0 Å². The number of hydrogen-bond donors (Lipinski definition) is 4. The maximum absolute atomic E-state index is 12.7. The number of esters is 1. The summed E-state index contributed by atoms with van der Waals surface area (Å²) in [6.45, 7) is 3.94. The van der Waals surface area contributed by atoms with Crippen molar-refractivity contribution in [3.63, 3.8) is 0 Å². The molecule has 1 heterocycles. The van der Waals surface area contributed by atoms with Crippen LogP contribution in [0.4, 0.5) is 0 Å². The summed E-state index contributed by atoms with van der Waals surface area (Å²) in [6, 6.07) is 0. The molecule has 0 aliphatic carbocycles. The Hall–Kier alpha value is -0.900. The lowest BCUT2D eigenvalue weighted by atomic mass is 9.99. The van der Waals surface area contributed by atoms with Crippen LogP contribution in [-0.4, -0.2) is 97.5 Å². The molecule has 13 heteroatoms. The molecule has 1 saturated heterocycles. The molecule has 1 fully saturated rings. The van der Waals surface area contributed by atoms with Gasteiger partial charge in [-0.2, -0.15) is 8.42 Å². The number of carbonyl (C=O) groups excluding carboxylic acids is 1. The molecule has 1 aliphatic rings. The largest absolute Gasteiger partial charge is 0.457 e. The van der Waals surface area contributed by atoms with E-state index in [0.717, 1.165) is 38.5 Å². The van der Waals surface area contributed by atoms with Gasteiger partial charge in [-0.3, -0.25) is 9.35 Å². The van der Waals surface area contributed by atoms with E-state index in [-0.39, 0.29) is 19.6 Å². The normalized spacial score (nSPS) is 21.6. The molecule has 12 nitrogen and oxygen atoms in total. The molecule has 0 bridgehead atoms. The van der Waals surface area contributed by atoms with Gasteiger partial charge < -0.3 is 34.3 Å². The van der Waals surface area contributed by atoms with Crippen LogP contribution in [0, 0.1) is 0 Å². The highest BCUT2D eigenvalue weighted by atomic mass is 32.3. The molecule has 0 aromatic heterocycles. The Kier molecular flexibility index (Phi) is 29.7. The van der Waals surface area contributed by atoms with Gasteiger partial charge in [0.2, 0.25) is 0 Å². The van der Waals surface area contributed by atoms with Crippen LogP contribution < -0.4 is 0 Å². The van der Waals surface area contributed by atoms with Crippen molar-refractivity contribution < 1.29 is 56.2 Å². The van der Waals surface area contributed by atoms with Gasteiger partial charge in [-0.05, 0) is 12.8 Å². The number of aliphatic hydroxyl groups excluding tert-OH is 3. The fourth-order valence-corrected chi connectivity index (χ4v) is 6.89. The van der Waals surface area contributed by atoms with Crippen LogP contribution in [0.1, 0.15) is 174 Å². The van der Waals surface area contributed by atoms with E-state index >= 15 is 0 Å². The Morgan fingerprint density at radius 2 is 1.12 bits per heavy atom. The summed E-state index contributed by atoms with van der Waals surface area (Å²) < 4.78 is 58.6. The van der Waals surface area contributed by atoms with Crippen molar-refractivity contribution in [2.75, 3.05) is 26.4 Å². The van der Waals surface area contributed by atoms with Gasteiger partial charge in [0.05, 0.1) is 19.8 Å². The fourth-order valence-electron chi connectivity index (χ4n) is 6.38. The van der Waals surface area contributed by atoms with Crippen molar-refractivity contribution in [2.24, 2.45) is 0 Å². The molecule has 51 heavy (non-hydrogen) atoms. The van der Waals surface area contributed by atoms with E-state index in [0.29, 0.717) is 13.0 Å². The van der Waals surface area contributed by atoms with Crippen LogP contribution in [0.5, 0.6) is 0 Å². The molecule has 0 aromatic carbocycles. The van der Waals surface area contributed by atoms with E-state index in [2.05, 4.69) is 18.0 Å². The number of rotatable bonds is 35. The van der Waals surface area contributed by atoms with Crippen molar-refractivity contribution in [1.82, 2.24) is 0 Å². The Balaban J connectivity index is 2.36. The van der Waals surface area contributed by atoms with Crippen molar-refractivity contribution in [1.29, 1.82) is 0 Å². The quantitative estimate of drug-likeness (QED) is 0.0288. The second kappa shape index (κ2) is 31.5. The summed E-state index contributed by atoms with van der Waals surface area (Å²) in [4.78, 5) is 12.7. The molecule has 304 valence electrons. The lowest BCUT2D eigenvalue weighted by Gasteiger charge is -2.41. The highest BCUT2D eigenvalue weighted by Gasteiger charge is 2.48. The molecule has 0 aromatic rings. The predicted molar refractivity (Wildman–Crippen MR) is 198 cm³/mol. The fraction of sp³-hybridized carbons (Fsp3) is 0.974. The summed E-state index contributed by atoms with van der Waals surface area (Å²) in [5, 5.41) is 30.4. The Morgan fingerprint density at radius 1 is 0.667 bits per heavy atom. The maximum Gasteiger partial charge on any atom is 0.397 e. The van der Waals surface area contributed by atoms with Gasteiger partial charge in [-0.1, -0.05) is 155 Å². The van der Waals surface area contributed by atoms with Gasteiger partial charge >= 0.3 is 16.4 Å². The van der Waals surface area contributed by atoms with Crippen LogP contribution in [0.25, 0.3) is 0 Å². The van der Waals surface area contributed by atoms with E-state index in [1.807, 2.05) is 0 Å². The first kappa shape index (κ1) is 48.1. The first-order valence-corrected chi connectivity index (χ1v) is 21.7. The van der Waals surface area contributed by atoms with Gasteiger partial charge in [0.25, 0.3) is 0 Å². The van der Waals surface area contributed by atoms with Gasteiger partial charge in [0.1, 0.15) is 30.5 Å². The third kappa shape index (κ3) is 25.7. The van der Waals surface area contributed by atoms with Crippen molar-refractivity contribution in [2.45, 2.75) is 211 Å². The summed E-state index contributed by atoms with van der Waals surface area (Å²) in [5.74, 6) is -0.399. The number of aliphatic hydroxyl groups is 3. The summed E-state index contributed by atoms with van der Waals surface area (Å²) in [6.07, 6.45) is 20.3. The zero-order chi connectivity index (χ0) is 37.6. The Labute approximate surface area is 309 Å². The van der Waals surface area contributed by atoms with Gasteiger partial charge in [-0.25, -0.2) is 4.18 Å². The molecule has 0 radical (unpaired) electrons. The molecule has 0 amide bonds. The van der Waals surface area contributed by atoms with E-state index in [1.54, 1.807) is 0 Å². The maximum atomic E-state index is 12.7. The first-order valence-electron chi connectivity index (χ1n) is 20.3. The Bertz CT molecular complexity index is 921. The monoisotopic (exact) mass is 754 g/mol. The second-order valence-corrected chi connectivity index (χ2v) is 15.3. The molecular weight excluding hydrogens is 680 g/mol. The summed E-state index contributed by atoms with van der Waals surface area (Å²) in [7, 11) is -5.05. The average Bonchev–Trinajstić information content (AvgIpc) is 3.09. The van der Waals surface area contributed by atoms with Crippen LogP contribution in [0.15, 0.2) is 0 Å². The second-order valence-electron chi connectivity index (χ2n) is 14.2. The zero-order valence-electron chi connectivity index (χ0n) is 31.9. The standard InChI is InChI=1S/C38H74O12S/c1-3-5-7-9-11-12-13-14-15-16-17-18-19-20-21-22-23-25-27-34(40)48-32(30-46-28-26-24-10-8-6-4-2)31-47-38-36(42)37(50-51(43,44)45)35(41)33(29-39)49-38/h32-33,35-39,41-42H,3-31H2,1-2H3,(H,43,44,45). The average molecular weight is 755 g/mol. The van der Waals surface area contributed by atoms with Crippen molar-refractivity contribution in [3.05, 3.63) is 0 Å². The SMILES string of the molecule is CCCCCCCCCCCCCCCCCCCCC(=O)OC(COCCCCCCCC)COC1OC(CO)C(O)C(OS(=O)(=O)O)C1O. The molecular formula is C38H74O12S. The molecule has 1 aliphatic heterocycles. The smallest absolute Gasteiger partial charge is 0.397 e. The minimum Gasteiger partial charge on any atom is -0.457 e. The lowest BCUT2D eigenvalue weighted by molar-refractivity contribution is -0.301. The van der Waals surface area contributed by atoms with Crippen molar-refractivity contribution >= 4 is 16.4 Å². The molecule has 4 N–H and O–H groups in total. The molecule has 6 atom stereocenters. The van der Waals surface area contributed by atoms with E-state index in [4.69, 9.17) is 23.5 Å². The van der Waals surface area contributed by atoms with Crippen LogP contribution in [0.3, 0.4) is 0 Å². The molecule has 0 saturated carbocycles. The number of carbonyl (C=O) groups is 1. The molecule has 0 spiro atoms. The lowest BCUT2D eigenvalue weighted by Crippen LogP contribution is -2.60. The highest BCUT2D eigenvalue weighted by Crippen LogP contribution is 2.26. The third-order valence-electron chi connectivity index (χ3n) is 9.48. The zero-order valence-corrected chi connectivity index (χ0v) is 32.7. The van der Waals surface area contributed by atoms with Gasteiger partial charge in [0, 0.05) is 13.0 Å². The van der Waals surface area contributed by atoms with Gasteiger partial charge in [0.15, 0.2) is 6.29 Å². The number of unbranched alkanes of at least 4 members (excludes halogenated alkanes) is 22. The van der Waals surface area contributed by atoms with Crippen LogP contribution >= 0.6 is 0 Å².